The Morgan fingerprint density at radius 1 is 1.08 bits per heavy atom. The average molecular weight is 338 g/mol. The quantitative estimate of drug-likeness (QED) is 0.622. The van der Waals surface area contributed by atoms with E-state index in [2.05, 4.69) is 44.3 Å². The van der Waals surface area contributed by atoms with Crippen LogP contribution >= 0.6 is 11.3 Å². The van der Waals surface area contributed by atoms with Gasteiger partial charge < -0.3 is 4.98 Å². The lowest BCUT2D eigenvalue weighted by Crippen LogP contribution is -2.30. The van der Waals surface area contributed by atoms with Crippen LogP contribution in [0.5, 0.6) is 0 Å². The van der Waals surface area contributed by atoms with E-state index >= 15 is 0 Å². The smallest absolute Gasteiger partial charge is 0.235 e. The van der Waals surface area contributed by atoms with Gasteiger partial charge >= 0.3 is 0 Å². The van der Waals surface area contributed by atoms with Crippen molar-refractivity contribution >= 4 is 27.2 Å². The lowest BCUT2D eigenvalue weighted by Gasteiger charge is -2.25. The fourth-order valence-electron chi connectivity index (χ4n) is 3.37. The highest BCUT2D eigenvalue weighted by Gasteiger charge is 2.18. The first kappa shape index (κ1) is 14.1. The zero-order chi connectivity index (χ0) is 15.9. The Labute approximate surface area is 143 Å². The van der Waals surface area contributed by atoms with Gasteiger partial charge in [-0.25, -0.2) is 0 Å². The number of rotatable bonds is 3. The molecule has 4 aromatic rings. The van der Waals surface area contributed by atoms with Crippen molar-refractivity contribution in [3.8, 4) is 10.7 Å². The van der Waals surface area contributed by atoms with Gasteiger partial charge in [-0.05, 0) is 38.1 Å². The largest absolute Gasteiger partial charge is 0.353 e. The lowest BCUT2D eigenvalue weighted by molar-refractivity contribution is 0.214. The van der Waals surface area contributed by atoms with E-state index in [1.165, 1.54) is 24.6 Å². The number of H-pyrrole nitrogens is 1. The Balaban J connectivity index is 1.49. The SMILES string of the molecule is c1ccc2[nH]c(-c3nn4c(CN5CCCCC5)nnc4s3)cc2c1. The molecule has 3 aromatic heterocycles. The summed E-state index contributed by atoms with van der Waals surface area (Å²) in [6, 6.07) is 10.4. The molecule has 0 atom stereocenters. The molecule has 5 rings (SSSR count). The van der Waals surface area contributed by atoms with Gasteiger partial charge in [0.2, 0.25) is 4.96 Å². The molecule has 1 aliphatic heterocycles. The van der Waals surface area contributed by atoms with E-state index in [0.717, 1.165) is 46.6 Å². The first-order valence-corrected chi connectivity index (χ1v) is 9.20. The van der Waals surface area contributed by atoms with E-state index in [1.807, 2.05) is 10.6 Å². The summed E-state index contributed by atoms with van der Waals surface area (Å²) in [5, 5.41) is 15.6. The van der Waals surface area contributed by atoms with Crippen LogP contribution in [-0.4, -0.2) is 42.8 Å². The number of para-hydroxylation sites is 1. The number of aromatic nitrogens is 5. The first-order valence-electron chi connectivity index (χ1n) is 8.38. The van der Waals surface area contributed by atoms with Gasteiger partial charge in [0.05, 0.1) is 12.2 Å². The van der Waals surface area contributed by atoms with Crippen LogP contribution in [-0.2, 0) is 6.54 Å². The van der Waals surface area contributed by atoms with Crippen LogP contribution in [0.2, 0.25) is 0 Å². The minimum atomic E-state index is 0.830. The van der Waals surface area contributed by atoms with E-state index in [4.69, 9.17) is 5.10 Å². The van der Waals surface area contributed by atoms with E-state index < -0.39 is 0 Å². The fourth-order valence-corrected chi connectivity index (χ4v) is 4.20. The minimum absolute atomic E-state index is 0.830. The van der Waals surface area contributed by atoms with Crippen molar-refractivity contribution in [2.45, 2.75) is 25.8 Å². The highest BCUT2D eigenvalue weighted by atomic mass is 32.1. The zero-order valence-corrected chi connectivity index (χ0v) is 14.1. The second-order valence-corrected chi connectivity index (χ2v) is 7.28. The zero-order valence-electron chi connectivity index (χ0n) is 13.3. The summed E-state index contributed by atoms with van der Waals surface area (Å²) in [6.45, 7) is 3.12. The molecule has 122 valence electrons. The monoisotopic (exact) mass is 338 g/mol. The van der Waals surface area contributed by atoms with Gasteiger partial charge in [0, 0.05) is 10.9 Å². The van der Waals surface area contributed by atoms with Gasteiger partial charge in [0.15, 0.2) is 10.8 Å². The van der Waals surface area contributed by atoms with Crippen molar-refractivity contribution in [3.63, 3.8) is 0 Å². The molecular formula is C17H18N6S. The van der Waals surface area contributed by atoms with Crippen molar-refractivity contribution in [1.82, 2.24) is 29.7 Å². The molecule has 0 amide bonds. The van der Waals surface area contributed by atoms with Gasteiger partial charge in [-0.2, -0.15) is 9.61 Å². The van der Waals surface area contributed by atoms with Crippen molar-refractivity contribution < 1.29 is 0 Å². The number of fused-ring (bicyclic) bond motifs is 2. The van der Waals surface area contributed by atoms with E-state index in [0.29, 0.717) is 0 Å². The van der Waals surface area contributed by atoms with Crippen molar-refractivity contribution in [2.24, 2.45) is 0 Å². The molecule has 0 spiro atoms. The first-order chi connectivity index (χ1) is 11.9. The molecule has 1 aromatic carbocycles. The lowest BCUT2D eigenvalue weighted by atomic mass is 10.1. The van der Waals surface area contributed by atoms with Crippen LogP contribution in [0, 0.1) is 0 Å². The highest BCUT2D eigenvalue weighted by molar-refractivity contribution is 7.19. The van der Waals surface area contributed by atoms with E-state index in [1.54, 1.807) is 11.3 Å². The number of aromatic amines is 1. The van der Waals surface area contributed by atoms with Crippen molar-refractivity contribution in [2.75, 3.05) is 13.1 Å². The van der Waals surface area contributed by atoms with Crippen molar-refractivity contribution in [3.05, 3.63) is 36.2 Å². The predicted octanol–water partition coefficient (Wildman–Crippen LogP) is 3.32. The van der Waals surface area contributed by atoms with Crippen LogP contribution in [0.4, 0.5) is 0 Å². The molecule has 24 heavy (non-hydrogen) atoms. The normalized spacial score (nSPS) is 16.3. The summed E-state index contributed by atoms with van der Waals surface area (Å²) >= 11 is 1.58. The number of hydrogen-bond donors (Lipinski definition) is 1. The molecule has 0 radical (unpaired) electrons. The number of nitrogens with zero attached hydrogens (tertiary/aromatic N) is 5. The Morgan fingerprint density at radius 2 is 1.96 bits per heavy atom. The third-order valence-electron chi connectivity index (χ3n) is 4.63. The Morgan fingerprint density at radius 3 is 2.83 bits per heavy atom. The van der Waals surface area contributed by atoms with E-state index in [9.17, 15) is 0 Å². The molecular weight excluding hydrogens is 320 g/mol. The molecule has 1 saturated heterocycles. The molecule has 0 bridgehead atoms. The summed E-state index contributed by atoms with van der Waals surface area (Å²) in [6.07, 6.45) is 3.89. The maximum atomic E-state index is 4.76. The third-order valence-corrected chi connectivity index (χ3v) is 5.56. The Hall–Kier alpha value is -2.25. The molecule has 0 aliphatic carbocycles. The molecule has 4 heterocycles. The van der Waals surface area contributed by atoms with Crippen LogP contribution < -0.4 is 0 Å². The number of piperidine rings is 1. The van der Waals surface area contributed by atoms with Gasteiger partial charge in [-0.1, -0.05) is 36.0 Å². The average Bonchev–Trinajstić information content (AvgIpc) is 3.30. The molecule has 1 fully saturated rings. The number of hydrogen-bond acceptors (Lipinski definition) is 5. The third kappa shape index (κ3) is 2.40. The Kier molecular flexibility index (Phi) is 3.34. The van der Waals surface area contributed by atoms with Gasteiger partial charge in [0.25, 0.3) is 0 Å². The second kappa shape index (κ2) is 5.68. The standard InChI is InChI=1S/C17H18N6S/c1-4-8-22(9-5-1)11-15-19-20-17-23(15)21-16(24-17)14-10-12-6-2-3-7-13(12)18-14/h2-3,6-7,10,18H,1,4-5,8-9,11H2. The summed E-state index contributed by atoms with van der Waals surface area (Å²) in [5.41, 5.74) is 2.17. The van der Waals surface area contributed by atoms with Crippen LogP contribution in [0.1, 0.15) is 25.1 Å². The molecule has 0 unspecified atom stereocenters. The molecule has 1 aliphatic rings. The van der Waals surface area contributed by atoms with Crippen LogP contribution in [0.25, 0.3) is 26.6 Å². The highest BCUT2D eigenvalue weighted by Crippen LogP contribution is 2.28. The van der Waals surface area contributed by atoms with Gasteiger partial charge in [-0.3, -0.25) is 4.90 Å². The summed E-state index contributed by atoms with van der Waals surface area (Å²) < 4.78 is 1.90. The van der Waals surface area contributed by atoms with Gasteiger partial charge in [0.1, 0.15) is 0 Å². The molecule has 1 N–H and O–H groups in total. The summed E-state index contributed by atoms with van der Waals surface area (Å²) in [7, 11) is 0. The molecule has 6 nitrogen and oxygen atoms in total. The van der Waals surface area contributed by atoms with Crippen molar-refractivity contribution in [1.29, 1.82) is 0 Å². The molecule has 7 heteroatoms. The summed E-state index contributed by atoms with van der Waals surface area (Å²) in [5.74, 6) is 0.936. The van der Waals surface area contributed by atoms with Crippen LogP contribution in [0.3, 0.4) is 0 Å². The predicted molar refractivity (Wildman–Crippen MR) is 95.1 cm³/mol. The minimum Gasteiger partial charge on any atom is -0.353 e. The van der Waals surface area contributed by atoms with Gasteiger partial charge in [-0.15, -0.1) is 10.2 Å². The Bertz CT molecular complexity index is 958. The second-order valence-electron chi connectivity index (χ2n) is 6.32. The molecule has 0 saturated carbocycles. The number of likely N-dealkylation sites (tertiary alicyclic amines) is 1. The topological polar surface area (TPSA) is 62.1 Å². The summed E-state index contributed by atoms with van der Waals surface area (Å²) in [4.78, 5) is 6.74. The van der Waals surface area contributed by atoms with Crippen LogP contribution in [0.15, 0.2) is 30.3 Å². The van der Waals surface area contributed by atoms with E-state index in [-0.39, 0.29) is 0 Å². The fraction of sp³-hybridized carbons (Fsp3) is 0.353. The maximum Gasteiger partial charge on any atom is 0.235 e. The number of benzene rings is 1. The maximum absolute atomic E-state index is 4.76. The number of nitrogens with one attached hydrogen (secondary N) is 1.